The van der Waals surface area contributed by atoms with Crippen LogP contribution in [0.5, 0.6) is 11.5 Å². The molecule has 1 heterocycles. The number of carbonyl (C=O) groups excluding carboxylic acids is 1. The summed E-state index contributed by atoms with van der Waals surface area (Å²) in [5, 5.41) is 5.91. The van der Waals surface area contributed by atoms with Crippen LogP contribution in [0.3, 0.4) is 0 Å². The van der Waals surface area contributed by atoms with Gasteiger partial charge in [0.25, 0.3) is 5.91 Å². The quantitative estimate of drug-likeness (QED) is 0.552. The van der Waals surface area contributed by atoms with Crippen LogP contribution in [0.25, 0.3) is 11.3 Å². The SMILES string of the molecule is CCOc1ccc(-c2csc(NC(=O)COc3cc(C)c(Cl)c(C)c3)n2)cc1. The van der Waals surface area contributed by atoms with Crippen molar-refractivity contribution in [3.8, 4) is 22.8 Å². The van der Waals surface area contributed by atoms with E-state index in [4.69, 9.17) is 21.1 Å². The first-order valence-corrected chi connectivity index (χ1v) is 10.1. The molecule has 7 heteroatoms. The lowest BCUT2D eigenvalue weighted by molar-refractivity contribution is -0.118. The summed E-state index contributed by atoms with van der Waals surface area (Å²) in [5.41, 5.74) is 3.59. The van der Waals surface area contributed by atoms with E-state index in [-0.39, 0.29) is 12.5 Å². The van der Waals surface area contributed by atoms with Gasteiger partial charge in [-0.2, -0.15) is 0 Å². The van der Waals surface area contributed by atoms with Gasteiger partial charge in [-0.25, -0.2) is 4.98 Å². The summed E-state index contributed by atoms with van der Waals surface area (Å²) in [6, 6.07) is 11.3. The summed E-state index contributed by atoms with van der Waals surface area (Å²) in [6.45, 7) is 6.28. The monoisotopic (exact) mass is 416 g/mol. The molecule has 146 valence electrons. The molecular formula is C21H21ClN2O3S. The van der Waals surface area contributed by atoms with Crippen LogP contribution >= 0.6 is 22.9 Å². The van der Waals surface area contributed by atoms with Gasteiger partial charge in [0.15, 0.2) is 11.7 Å². The minimum absolute atomic E-state index is 0.0987. The standard InChI is InChI=1S/C21H21ClN2O3S/c1-4-26-16-7-5-15(6-8-16)18-12-28-21(23-18)24-19(25)11-27-17-9-13(2)20(22)14(3)10-17/h5-10,12H,4,11H2,1-3H3,(H,23,24,25). The number of nitrogens with one attached hydrogen (secondary N) is 1. The Kier molecular flexibility index (Phi) is 6.54. The van der Waals surface area contributed by atoms with Crippen LogP contribution in [0.15, 0.2) is 41.8 Å². The van der Waals surface area contributed by atoms with E-state index in [9.17, 15) is 4.79 Å². The Morgan fingerprint density at radius 3 is 2.43 bits per heavy atom. The van der Waals surface area contributed by atoms with E-state index in [0.717, 1.165) is 28.1 Å². The highest BCUT2D eigenvalue weighted by Crippen LogP contribution is 2.27. The minimum atomic E-state index is -0.266. The second-order valence-electron chi connectivity index (χ2n) is 6.20. The summed E-state index contributed by atoms with van der Waals surface area (Å²) < 4.78 is 11.0. The van der Waals surface area contributed by atoms with Crippen LogP contribution in [0.1, 0.15) is 18.1 Å². The van der Waals surface area contributed by atoms with Crippen molar-refractivity contribution in [2.24, 2.45) is 0 Å². The maximum atomic E-state index is 12.2. The highest BCUT2D eigenvalue weighted by atomic mass is 35.5. The molecule has 0 unspecified atom stereocenters. The van der Waals surface area contributed by atoms with Crippen molar-refractivity contribution in [2.75, 3.05) is 18.5 Å². The first-order chi connectivity index (χ1) is 13.5. The van der Waals surface area contributed by atoms with Crippen LogP contribution < -0.4 is 14.8 Å². The van der Waals surface area contributed by atoms with Crippen molar-refractivity contribution in [3.63, 3.8) is 0 Å². The maximum Gasteiger partial charge on any atom is 0.264 e. The van der Waals surface area contributed by atoms with E-state index >= 15 is 0 Å². The minimum Gasteiger partial charge on any atom is -0.494 e. The average Bonchev–Trinajstić information content (AvgIpc) is 3.13. The van der Waals surface area contributed by atoms with Crippen molar-refractivity contribution in [2.45, 2.75) is 20.8 Å². The third kappa shape index (κ3) is 5.03. The number of aromatic nitrogens is 1. The molecule has 1 N–H and O–H groups in total. The Bertz CT molecular complexity index is 947. The normalized spacial score (nSPS) is 10.6. The van der Waals surface area contributed by atoms with Gasteiger partial charge in [0, 0.05) is 16.0 Å². The number of ether oxygens (including phenoxy) is 2. The number of anilines is 1. The number of carbonyl (C=O) groups is 1. The van der Waals surface area contributed by atoms with E-state index in [0.29, 0.717) is 22.5 Å². The van der Waals surface area contributed by atoms with Crippen molar-refractivity contribution in [1.29, 1.82) is 0 Å². The van der Waals surface area contributed by atoms with Gasteiger partial charge >= 0.3 is 0 Å². The highest BCUT2D eigenvalue weighted by molar-refractivity contribution is 7.14. The maximum absolute atomic E-state index is 12.2. The number of aryl methyl sites for hydroxylation is 2. The molecule has 1 aromatic heterocycles. The molecule has 3 rings (SSSR count). The molecule has 0 atom stereocenters. The fourth-order valence-corrected chi connectivity index (χ4v) is 3.49. The number of thiazole rings is 1. The van der Waals surface area contributed by atoms with Gasteiger partial charge in [-0.05, 0) is 68.3 Å². The van der Waals surface area contributed by atoms with Gasteiger partial charge in [-0.1, -0.05) is 11.6 Å². The molecule has 0 aliphatic heterocycles. The number of rotatable bonds is 7. The molecule has 0 saturated carbocycles. The predicted octanol–water partition coefficient (Wildman–Crippen LogP) is 5.50. The molecule has 5 nitrogen and oxygen atoms in total. The molecule has 3 aromatic rings. The summed E-state index contributed by atoms with van der Waals surface area (Å²) in [7, 11) is 0. The van der Waals surface area contributed by atoms with Gasteiger partial charge in [-0.3, -0.25) is 10.1 Å². The Balaban J connectivity index is 1.58. The predicted molar refractivity (Wildman–Crippen MR) is 114 cm³/mol. The zero-order chi connectivity index (χ0) is 20.1. The summed E-state index contributed by atoms with van der Waals surface area (Å²) in [6.07, 6.45) is 0. The van der Waals surface area contributed by atoms with Crippen molar-refractivity contribution < 1.29 is 14.3 Å². The lowest BCUT2D eigenvalue weighted by Gasteiger charge is -2.09. The van der Waals surface area contributed by atoms with E-state index in [1.54, 1.807) is 0 Å². The molecule has 1 amide bonds. The molecule has 0 saturated heterocycles. The lowest BCUT2D eigenvalue weighted by Crippen LogP contribution is -2.20. The van der Waals surface area contributed by atoms with Gasteiger partial charge in [-0.15, -0.1) is 11.3 Å². The van der Waals surface area contributed by atoms with Crippen molar-refractivity contribution >= 4 is 34.0 Å². The van der Waals surface area contributed by atoms with E-state index in [1.165, 1.54) is 11.3 Å². The molecular weight excluding hydrogens is 396 g/mol. The lowest BCUT2D eigenvalue weighted by atomic mass is 10.1. The molecule has 0 radical (unpaired) electrons. The molecule has 0 spiro atoms. The summed E-state index contributed by atoms with van der Waals surface area (Å²) >= 11 is 7.52. The second-order valence-corrected chi connectivity index (χ2v) is 7.44. The molecule has 28 heavy (non-hydrogen) atoms. The van der Waals surface area contributed by atoms with Crippen LogP contribution in [-0.4, -0.2) is 24.1 Å². The van der Waals surface area contributed by atoms with Crippen LogP contribution in [-0.2, 0) is 4.79 Å². The van der Waals surface area contributed by atoms with Crippen LogP contribution in [0.2, 0.25) is 5.02 Å². The zero-order valence-electron chi connectivity index (χ0n) is 15.9. The Labute approximate surface area is 173 Å². The van der Waals surface area contributed by atoms with E-state index in [1.807, 2.05) is 62.5 Å². The second kappa shape index (κ2) is 9.08. The number of amides is 1. The fraction of sp³-hybridized carbons (Fsp3) is 0.238. The Hall–Kier alpha value is -2.57. The van der Waals surface area contributed by atoms with E-state index < -0.39 is 0 Å². The number of nitrogens with zero attached hydrogens (tertiary/aromatic N) is 1. The average molecular weight is 417 g/mol. The summed E-state index contributed by atoms with van der Waals surface area (Å²) in [4.78, 5) is 16.6. The van der Waals surface area contributed by atoms with Crippen LogP contribution in [0, 0.1) is 13.8 Å². The third-order valence-corrected chi connectivity index (χ3v) is 5.35. The third-order valence-electron chi connectivity index (χ3n) is 3.99. The highest BCUT2D eigenvalue weighted by Gasteiger charge is 2.10. The first-order valence-electron chi connectivity index (χ1n) is 8.84. The molecule has 0 aliphatic carbocycles. The molecule has 0 bridgehead atoms. The number of hydrogen-bond acceptors (Lipinski definition) is 5. The van der Waals surface area contributed by atoms with Gasteiger partial charge in [0.2, 0.25) is 0 Å². The summed E-state index contributed by atoms with van der Waals surface area (Å²) in [5.74, 6) is 1.17. The Morgan fingerprint density at radius 1 is 1.11 bits per heavy atom. The van der Waals surface area contributed by atoms with Gasteiger partial charge in [0.05, 0.1) is 12.3 Å². The first kappa shape index (κ1) is 20.2. The van der Waals surface area contributed by atoms with Gasteiger partial charge < -0.3 is 9.47 Å². The number of benzene rings is 2. The largest absolute Gasteiger partial charge is 0.494 e. The molecule has 0 aliphatic rings. The van der Waals surface area contributed by atoms with E-state index in [2.05, 4.69) is 10.3 Å². The number of hydrogen-bond donors (Lipinski definition) is 1. The zero-order valence-corrected chi connectivity index (χ0v) is 17.5. The molecule has 0 fully saturated rings. The topological polar surface area (TPSA) is 60.5 Å². The number of halogens is 1. The van der Waals surface area contributed by atoms with Crippen molar-refractivity contribution in [3.05, 3.63) is 57.9 Å². The Morgan fingerprint density at radius 2 is 1.79 bits per heavy atom. The van der Waals surface area contributed by atoms with Crippen molar-refractivity contribution in [1.82, 2.24) is 4.98 Å². The van der Waals surface area contributed by atoms with Crippen LogP contribution in [0.4, 0.5) is 5.13 Å². The molecule has 2 aromatic carbocycles. The fourth-order valence-electron chi connectivity index (χ4n) is 2.65. The van der Waals surface area contributed by atoms with Gasteiger partial charge in [0.1, 0.15) is 11.5 Å². The smallest absolute Gasteiger partial charge is 0.264 e.